The van der Waals surface area contributed by atoms with Gasteiger partial charge in [-0.3, -0.25) is 4.68 Å². The third-order valence-corrected chi connectivity index (χ3v) is 4.70. The van der Waals surface area contributed by atoms with Gasteiger partial charge in [0, 0.05) is 19.3 Å². The number of rotatable bonds is 5. The summed E-state index contributed by atoms with van der Waals surface area (Å²) in [5, 5.41) is 14.6. The number of aliphatic hydroxyl groups excluding tert-OH is 1. The number of aliphatic hydroxyl groups is 1. The standard InChI is InChI=1S/C18H24FN3O/c1-2-22-12-16(11-20-22)14-6-8-21(9-7-14)13-18(23)15-4-3-5-17(19)10-15/h3-5,10-12,14,18,23H,2,6-9,13H2,1H3/t18-/m0/s1. The van der Waals surface area contributed by atoms with Crippen LogP contribution in [-0.4, -0.2) is 39.4 Å². The van der Waals surface area contributed by atoms with Crippen molar-refractivity contribution >= 4 is 0 Å². The van der Waals surface area contributed by atoms with E-state index in [1.54, 1.807) is 12.1 Å². The van der Waals surface area contributed by atoms with Crippen LogP contribution < -0.4 is 0 Å². The van der Waals surface area contributed by atoms with Crippen molar-refractivity contribution in [2.45, 2.75) is 38.3 Å². The molecule has 4 nitrogen and oxygen atoms in total. The van der Waals surface area contributed by atoms with Gasteiger partial charge in [-0.2, -0.15) is 5.10 Å². The highest BCUT2D eigenvalue weighted by Gasteiger charge is 2.23. The molecule has 0 saturated carbocycles. The molecule has 0 radical (unpaired) electrons. The van der Waals surface area contributed by atoms with E-state index in [9.17, 15) is 9.50 Å². The lowest BCUT2D eigenvalue weighted by atomic mass is 9.91. The highest BCUT2D eigenvalue weighted by molar-refractivity contribution is 5.19. The SMILES string of the molecule is CCn1cc(C2CCN(C[C@H](O)c3cccc(F)c3)CC2)cn1. The summed E-state index contributed by atoms with van der Waals surface area (Å²) in [7, 11) is 0. The molecule has 1 saturated heterocycles. The summed E-state index contributed by atoms with van der Waals surface area (Å²) in [5.41, 5.74) is 1.97. The van der Waals surface area contributed by atoms with Gasteiger partial charge < -0.3 is 10.0 Å². The van der Waals surface area contributed by atoms with E-state index in [4.69, 9.17) is 0 Å². The van der Waals surface area contributed by atoms with Crippen LogP contribution in [0.25, 0.3) is 0 Å². The van der Waals surface area contributed by atoms with Crippen molar-refractivity contribution in [1.29, 1.82) is 0 Å². The number of halogens is 1. The first-order valence-electron chi connectivity index (χ1n) is 8.34. The van der Waals surface area contributed by atoms with E-state index < -0.39 is 6.10 Å². The normalized spacial score (nSPS) is 18.2. The number of benzene rings is 1. The molecule has 124 valence electrons. The van der Waals surface area contributed by atoms with Crippen molar-refractivity contribution in [3.05, 3.63) is 53.6 Å². The molecule has 1 aromatic heterocycles. The van der Waals surface area contributed by atoms with Gasteiger partial charge in [-0.1, -0.05) is 12.1 Å². The van der Waals surface area contributed by atoms with Crippen molar-refractivity contribution in [1.82, 2.24) is 14.7 Å². The molecule has 0 spiro atoms. The predicted molar refractivity (Wildman–Crippen MR) is 87.7 cm³/mol. The molecule has 3 rings (SSSR count). The Morgan fingerprint density at radius 1 is 1.35 bits per heavy atom. The Labute approximate surface area is 136 Å². The molecule has 1 N–H and O–H groups in total. The topological polar surface area (TPSA) is 41.3 Å². The molecular formula is C18H24FN3O. The molecule has 0 aliphatic carbocycles. The van der Waals surface area contributed by atoms with Crippen LogP contribution in [0.4, 0.5) is 4.39 Å². The van der Waals surface area contributed by atoms with Crippen LogP contribution in [0.3, 0.4) is 0 Å². The summed E-state index contributed by atoms with van der Waals surface area (Å²) in [4.78, 5) is 2.26. The van der Waals surface area contributed by atoms with Gasteiger partial charge in [-0.25, -0.2) is 4.39 Å². The first-order chi connectivity index (χ1) is 11.2. The third kappa shape index (κ3) is 3.98. The lowest BCUT2D eigenvalue weighted by molar-refractivity contribution is 0.0970. The largest absolute Gasteiger partial charge is 0.387 e. The van der Waals surface area contributed by atoms with E-state index in [0.717, 1.165) is 32.5 Å². The Morgan fingerprint density at radius 3 is 2.78 bits per heavy atom. The molecule has 0 amide bonds. The molecule has 5 heteroatoms. The Morgan fingerprint density at radius 2 is 2.13 bits per heavy atom. The quantitative estimate of drug-likeness (QED) is 0.922. The summed E-state index contributed by atoms with van der Waals surface area (Å²) < 4.78 is 15.2. The molecule has 2 heterocycles. The summed E-state index contributed by atoms with van der Waals surface area (Å²) in [6.45, 7) is 5.46. The molecule has 23 heavy (non-hydrogen) atoms. The maximum absolute atomic E-state index is 13.2. The zero-order chi connectivity index (χ0) is 16.2. The molecule has 0 bridgehead atoms. The van der Waals surface area contributed by atoms with Crippen molar-refractivity contribution in [2.75, 3.05) is 19.6 Å². The number of nitrogens with zero attached hydrogens (tertiary/aromatic N) is 3. The molecule has 1 atom stereocenters. The van der Waals surface area contributed by atoms with Crippen molar-refractivity contribution in [2.24, 2.45) is 0 Å². The van der Waals surface area contributed by atoms with Crippen LogP contribution in [0.1, 0.15) is 42.9 Å². The van der Waals surface area contributed by atoms with Crippen LogP contribution in [0.5, 0.6) is 0 Å². The zero-order valence-corrected chi connectivity index (χ0v) is 13.5. The minimum atomic E-state index is -0.634. The fourth-order valence-corrected chi connectivity index (χ4v) is 3.28. The van der Waals surface area contributed by atoms with E-state index in [0.29, 0.717) is 18.0 Å². The van der Waals surface area contributed by atoms with Crippen LogP contribution in [-0.2, 0) is 6.54 Å². The first kappa shape index (κ1) is 16.1. The summed E-state index contributed by atoms with van der Waals surface area (Å²) >= 11 is 0. The van der Waals surface area contributed by atoms with Gasteiger partial charge in [0.1, 0.15) is 5.82 Å². The van der Waals surface area contributed by atoms with Gasteiger partial charge in [0.05, 0.1) is 12.3 Å². The second-order valence-corrected chi connectivity index (χ2v) is 6.28. The molecule has 1 aromatic carbocycles. The Balaban J connectivity index is 1.52. The average Bonchev–Trinajstić information content (AvgIpc) is 3.04. The minimum absolute atomic E-state index is 0.298. The number of hydrogen-bond acceptors (Lipinski definition) is 3. The van der Waals surface area contributed by atoms with Crippen molar-refractivity contribution < 1.29 is 9.50 Å². The van der Waals surface area contributed by atoms with Crippen molar-refractivity contribution in [3.8, 4) is 0 Å². The van der Waals surface area contributed by atoms with Gasteiger partial charge in [-0.15, -0.1) is 0 Å². The van der Waals surface area contributed by atoms with Gasteiger partial charge in [0.15, 0.2) is 0 Å². The Kier molecular flexibility index (Phi) is 5.08. The predicted octanol–water partition coefficient (Wildman–Crippen LogP) is 2.96. The monoisotopic (exact) mass is 317 g/mol. The Bertz CT molecular complexity index is 635. The fourth-order valence-electron chi connectivity index (χ4n) is 3.28. The van der Waals surface area contributed by atoms with Gasteiger partial charge in [0.2, 0.25) is 0 Å². The van der Waals surface area contributed by atoms with Gasteiger partial charge in [0.25, 0.3) is 0 Å². The van der Waals surface area contributed by atoms with Crippen LogP contribution in [0.15, 0.2) is 36.7 Å². The average molecular weight is 317 g/mol. The third-order valence-electron chi connectivity index (χ3n) is 4.70. The highest BCUT2D eigenvalue weighted by atomic mass is 19.1. The smallest absolute Gasteiger partial charge is 0.123 e. The number of aromatic nitrogens is 2. The van der Waals surface area contributed by atoms with E-state index in [1.807, 2.05) is 10.9 Å². The van der Waals surface area contributed by atoms with Crippen LogP contribution in [0, 0.1) is 5.82 Å². The maximum atomic E-state index is 13.2. The summed E-state index contributed by atoms with van der Waals surface area (Å²) in [6, 6.07) is 6.24. The number of aryl methyl sites for hydroxylation is 1. The molecular weight excluding hydrogens is 293 g/mol. The van der Waals surface area contributed by atoms with Crippen LogP contribution >= 0.6 is 0 Å². The van der Waals surface area contributed by atoms with E-state index >= 15 is 0 Å². The maximum Gasteiger partial charge on any atom is 0.123 e. The highest BCUT2D eigenvalue weighted by Crippen LogP contribution is 2.28. The van der Waals surface area contributed by atoms with E-state index in [1.165, 1.54) is 17.7 Å². The number of hydrogen-bond donors (Lipinski definition) is 1. The number of piperidine rings is 1. The minimum Gasteiger partial charge on any atom is -0.387 e. The lowest BCUT2D eigenvalue weighted by Crippen LogP contribution is -2.36. The zero-order valence-electron chi connectivity index (χ0n) is 13.5. The summed E-state index contributed by atoms with van der Waals surface area (Å²) in [6.07, 6.45) is 5.63. The molecule has 1 fully saturated rings. The molecule has 1 aliphatic heterocycles. The molecule has 1 aliphatic rings. The van der Waals surface area contributed by atoms with E-state index in [-0.39, 0.29) is 5.82 Å². The van der Waals surface area contributed by atoms with Crippen molar-refractivity contribution in [3.63, 3.8) is 0 Å². The lowest BCUT2D eigenvalue weighted by Gasteiger charge is -2.32. The second kappa shape index (κ2) is 7.23. The first-order valence-corrected chi connectivity index (χ1v) is 8.34. The number of likely N-dealkylation sites (tertiary alicyclic amines) is 1. The van der Waals surface area contributed by atoms with Crippen LogP contribution in [0.2, 0.25) is 0 Å². The Hall–Kier alpha value is -1.72. The molecule has 2 aromatic rings. The fraction of sp³-hybridized carbons (Fsp3) is 0.500. The van der Waals surface area contributed by atoms with E-state index in [2.05, 4.69) is 23.1 Å². The summed E-state index contributed by atoms with van der Waals surface area (Å²) in [5.74, 6) is 0.256. The van der Waals surface area contributed by atoms with Gasteiger partial charge in [-0.05, 0) is 62.0 Å². The second-order valence-electron chi connectivity index (χ2n) is 6.28. The molecule has 0 unspecified atom stereocenters. The number of β-amino-alcohol motifs (C(OH)–C–C–N with tert-alkyl or cyclic N) is 1. The van der Waals surface area contributed by atoms with Gasteiger partial charge >= 0.3 is 0 Å².